The number of benzene rings is 1. The maximum Gasteiger partial charge on any atom is 0.303 e. The van der Waals surface area contributed by atoms with Gasteiger partial charge in [0.15, 0.2) is 0 Å². The number of fused-ring (bicyclic) bond motifs is 5. The number of carbonyl (C=O) groups excluding carboxylic acids is 14. The van der Waals surface area contributed by atoms with Crippen LogP contribution in [0.4, 0.5) is 0 Å². The first kappa shape index (κ1) is 110. The highest BCUT2D eigenvalue weighted by Gasteiger charge is 2.48. The molecule has 46 heteroatoms. The van der Waals surface area contributed by atoms with Gasteiger partial charge >= 0.3 is 17.9 Å². The highest BCUT2D eigenvalue weighted by Crippen LogP contribution is 2.36. The molecule has 44 nitrogen and oxygen atoms in total. The van der Waals surface area contributed by atoms with Gasteiger partial charge in [-0.15, -0.1) is 0 Å². The molecule has 0 aromatic heterocycles. The average Bonchev–Trinajstić information content (AvgIpc) is 1.50. The Hall–Kier alpha value is -9.49. The van der Waals surface area contributed by atoms with Gasteiger partial charge in [0.05, 0.1) is 30.7 Å². The van der Waals surface area contributed by atoms with E-state index in [1.54, 1.807) is 26.8 Å². The SMILES string of the molecule is CCC[C@H](NC(C)=O)C(=O)N[C@H]1CSCc2cccc(c2)CSC[C@@H](C(N)=O)NC(=O)[C@H](CC2CNC3NCCCC23)NC(=O)[C@H](CCC(=O)O)NC(=O)[C@H](CC2CNC3NCCCC23)NC(=O)[C@H](CCC(=O)O)NC(=O)[C@H](CCC(=O)O)NC(=O)[C@H](CC2CNC3NCCCC23)NC(=O)[C@H]([C@@H](C)O)NC(=O)[C@H](CC2CNCN2)NC(=O)[C@H](CC2CCC(O)CC2)NC(=O)[C@H](C(C)(C)C)NC1=O. The van der Waals surface area contributed by atoms with Gasteiger partial charge in [0.1, 0.15) is 78.5 Å². The fraction of sp³-hybridized carbons (Fsp3) is 0.747. The van der Waals surface area contributed by atoms with Crippen molar-refractivity contribution in [2.24, 2.45) is 52.6 Å². The first-order valence-electron chi connectivity index (χ1n) is 48.6. The first-order chi connectivity index (χ1) is 65.3. The van der Waals surface area contributed by atoms with E-state index in [1.165, 1.54) is 37.4 Å². The summed E-state index contributed by atoms with van der Waals surface area (Å²) in [5.41, 5.74) is 6.43. The van der Waals surface area contributed by atoms with E-state index in [0.29, 0.717) is 84.2 Å². The molecule has 24 atom stereocenters. The van der Waals surface area contributed by atoms with Crippen LogP contribution in [0.25, 0.3) is 0 Å². The number of carboxylic acids is 3. The highest BCUT2D eigenvalue weighted by atomic mass is 32.2. The molecule has 1 aromatic carbocycles. The Kier molecular flexibility index (Phi) is 42.5. The van der Waals surface area contributed by atoms with Gasteiger partial charge < -0.3 is 143 Å². The van der Waals surface area contributed by atoms with E-state index in [1.807, 2.05) is 25.1 Å². The molecule has 8 fully saturated rings. The lowest BCUT2D eigenvalue weighted by Crippen LogP contribution is -2.63. The summed E-state index contributed by atoms with van der Waals surface area (Å²) in [6.07, 6.45) is -1.35. The van der Waals surface area contributed by atoms with E-state index >= 15 is 52.7 Å². The number of carboxylic acid groups (broad SMARTS) is 3. The number of rotatable bonds is 26. The topological polar surface area (TPSA) is 670 Å². The summed E-state index contributed by atoms with van der Waals surface area (Å²) in [6.45, 7) is 12.8. The molecular formula is C91H146N22O22S2. The van der Waals surface area contributed by atoms with Crippen molar-refractivity contribution in [3.63, 3.8) is 0 Å². The van der Waals surface area contributed by atoms with E-state index in [-0.39, 0.29) is 123 Å². The van der Waals surface area contributed by atoms with Crippen LogP contribution in [0.5, 0.6) is 0 Å². The number of hydrogen-bond donors (Lipinski definition) is 27. The molecule has 10 rings (SSSR count). The normalized spacial score (nSPS) is 32.9. The van der Waals surface area contributed by atoms with Crippen LogP contribution in [0.3, 0.4) is 0 Å². The summed E-state index contributed by atoms with van der Waals surface area (Å²) >= 11 is 2.48. The fourth-order valence-electron chi connectivity index (χ4n) is 20.2. The fourth-order valence-corrected chi connectivity index (χ4v) is 22.2. The number of primary amides is 1. The predicted octanol–water partition coefficient (Wildman–Crippen LogP) is -4.55. The third-order valence-corrected chi connectivity index (χ3v) is 29.9. The molecule has 0 spiro atoms. The molecule has 0 radical (unpaired) electrons. The Bertz CT molecular complexity index is 4350. The lowest BCUT2D eigenvalue weighted by atomic mass is 9.82. The minimum atomic E-state index is -1.93. The molecule has 14 amide bonds. The first-order valence-corrected chi connectivity index (χ1v) is 50.9. The van der Waals surface area contributed by atoms with Crippen LogP contribution in [0.2, 0.25) is 0 Å². The van der Waals surface area contributed by atoms with E-state index < -0.39 is 253 Å². The van der Waals surface area contributed by atoms with Crippen molar-refractivity contribution in [2.75, 3.05) is 64.0 Å². The minimum Gasteiger partial charge on any atom is -0.481 e. The number of hydrogen-bond acceptors (Lipinski definition) is 29. The Morgan fingerprint density at radius 2 is 0.891 bits per heavy atom. The van der Waals surface area contributed by atoms with Crippen molar-refractivity contribution >= 4 is 124 Å². The number of nitrogens with two attached hydrogens (primary N) is 1. The van der Waals surface area contributed by atoms with Gasteiger partial charge in [-0.1, -0.05) is 58.4 Å². The molecule has 1 saturated carbocycles. The molecule has 7 saturated heterocycles. The number of thioether (sulfide) groups is 2. The third kappa shape index (κ3) is 33.6. The number of piperidine rings is 3. The molecule has 8 aliphatic heterocycles. The number of aliphatic hydroxyl groups is 2. The highest BCUT2D eigenvalue weighted by molar-refractivity contribution is 7.98. The summed E-state index contributed by atoms with van der Waals surface area (Å²) in [4.78, 5) is 246. The van der Waals surface area contributed by atoms with Gasteiger partial charge in [-0.3, -0.25) is 81.5 Å². The van der Waals surface area contributed by atoms with Gasteiger partial charge in [0.25, 0.3) is 0 Å². The molecular weight excluding hydrogens is 1820 g/mol. The van der Waals surface area contributed by atoms with Gasteiger partial charge in [-0.2, -0.15) is 23.5 Å². The molecule has 764 valence electrons. The molecule has 2 bridgehead atoms. The zero-order valence-corrected chi connectivity index (χ0v) is 80.8. The Balaban J connectivity index is 1.02. The number of amides is 14. The van der Waals surface area contributed by atoms with E-state index in [0.717, 1.165) is 36.8 Å². The van der Waals surface area contributed by atoms with Crippen LogP contribution in [0, 0.1) is 46.8 Å². The lowest BCUT2D eigenvalue weighted by Gasteiger charge is -2.35. The van der Waals surface area contributed by atoms with Crippen LogP contribution < -0.4 is 117 Å². The van der Waals surface area contributed by atoms with Crippen LogP contribution in [-0.4, -0.2) is 305 Å². The molecule has 10 unspecified atom stereocenters. The zero-order valence-electron chi connectivity index (χ0n) is 79.1. The zero-order chi connectivity index (χ0) is 99.3. The van der Waals surface area contributed by atoms with Crippen molar-refractivity contribution < 1.29 is 107 Å². The number of aliphatic hydroxyl groups excluding tert-OH is 2. The van der Waals surface area contributed by atoms with Crippen molar-refractivity contribution in [3.05, 3.63) is 35.4 Å². The van der Waals surface area contributed by atoms with Crippen molar-refractivity contribution in [3.8, 4) is 0 Å². The average molecular weight is 1960 g/mol. The molecule has 8 heterocycles. The number of aliphatic carboxylic acids is 3. The van der Waals surface area contributed by atoms with Crippen LogP contribution in [0.15, 0.2) is 24.3 Å². The standard InChI is InChI=1S/C91H146N22O22S2/c1-7-12-59(101-47(3)115)79(124)111-69-44-137-42-50-14-8-13-49(31-50)41-136-43-68(75(92)123)110-86(131)65(34-52-38-98-77-57(52)16-10-29-95-77)106-82(127)62(24-27-72(121)122)104-84(129)64(33-51-37-97-76-56(51)15-9-28-94-76)105-81(126)61(23-26-71(119)120)102-80(125)60(22-25-70(117)118)103-85(130)66(35-53-39-99-78-58(53)17-11-30-96-78)108-89(134)73(46(2)114)112-87(132)67(36-54-40-93-45-100-54)107-83(128)63(32-48-18-20-55(116)21-19-48)109-90(135)74(91(4,5)6)113-88(69)133/h8,13-14,31,46,48,51-69,73-74,76-78,93-100,114,116H,7,9-12,15-30,32-45H2,1-6H3,(H2,92,123)(H,101,115)(H,102,125)(H,103,130)(H,104,129)(H,105,126)(H,106,127)(H,107,128)(H,108,134)(H,109,135)(H,110,131)(H,111,124)(H,112,132)(H,113,133)(H,117,118)(H,119,120)(H,121,122)/t46-,48?,51?,52?,53?,54?,55?,56?,57?,58?,59+,60+,61+,62+,63+,64+,65+,66+,67+,68+,69+,73+,74-,76?,77?,78?/m1/s1. The van der Waals surface area contributed by atoms with E-state index in [4.69, 9.17) is 5.73 Å². The van der Waals surface area contributed by atoms with Crippen molar-refractivity contribution in [2.45, 2.75) is 316 Å². The monoisotopic (exact) mass is 1960 g/mol. The Morgan fingerprint density at radius 1 is 0.482 bits per heavy atom. The van der Waals surface area contributed by atoms with Crippen LogP contribution >= 0.6 is 23.5 Å². The number of nitrogens with one attached hydrogen (secondary N) is 21. The second-order valence-electron chi connectivity index (χ2n) is 39.3. The van der Waals surface area contributed by atoms with Gasteiger partial charge in [0, 0.05) is 68.5 Å². The molecule has 9 aliphatic rings. The molecule has 28 N–H and O–H groups in total. The van der Waals surface area contributed by atoms with E-state index in [9.17, 15) is 54.3 Å². The maximum atomic E-state index is 15.4. The van der Waals surface area contributed by atoms with Gasteiger partial charge in [-0.25, -0.2) is 0 Å². The summed E-state index contributed by atoms with van der Waals surface area (Å²) in [5, 5.41) is 115. The molecule has 137 heavy (non-hydrogen) atoms. The minimum absolute atomic E-state index is 0.0272. The predicted molar refractivity (Wildman–Crippen MR) is 504 cm³/mol. The summed E-state index contributed by atoms with van der Waals surface area (Å²) in [6, 6.07) is -13.8. The van der Waals surface area contributed by atoms with E-state index in [2.05, 4.69) is 112 Å². The maximum absolute atomic E-state index is 15.4. The quantitative estimate of drug-likeness (QED) is 0.0415. The Morgan fingerprint density at radius 3 is 1.31 bits per heavy atom. The lowest BCUT2D eigenvalue weighted by molar-refractivity contribution is -0.140. The molecule has 1 aromatic rings. The van der Waals surface area contributed by atoms with Crippen molar-refractivity contribution in [1.29, 1.82) is 0 Å². The van der Waals surface area contributed by atoms with Crippen LogP contribution in [0.1, 0.15) is 200 Å². The second-order valence-corrected chi connectivity index (χ2v) is 41.4. The summed E-state index contributed by atoms with van der Waals surface area (Å²) in [7, 11) is 0. The summed E-state index contributed by atoms with van der Waals surface area (Å²) in [5.74, 6) is -18.9. The summed E-state index contributed by atoms with van der Waals surface area (Å²) < 4.78 is 0. The third-order valence-electron chi connectivity index (χ3n) is 27.7. The van der Waals surface area contributed by atoms with Crippen LogP contribution in [-0.2, 0) is 93.0 Å². The second kappa shape index (κ2) is 53.2. The van der Waals surface area contributed by atoms with Gasteiger partial charge in [-0.05, 0) is 226 Å². The van der Waals surface area contributed by atoms with Crippen molar-refractivity contribution in [1.82, 2.24) is 112 Å². The molecule has 1 aliphatic carbocycles. The number of carbonyl (C=O) groups is 17. The van der Waals surface area contributed by atoms with Gasteiger partial charge in [0.2, 0.25) is 82.7 Å². The Labute approximate surface area is 806 Å². The largest absolute Gasteiger partial charge is 0.481 e. The smallest absolute Gasteiger partial charge is 0.303 e.